The van der Waals surface area contributed by atoms with Gasteiger partial charge in [0.25, 0.3) is 0 Å². The molecular formula is C4KN4O4Ru. The number of hydrogen-bond donors (Lipinski definition) is 0. The van der Waals surface area contributed by atoms with Crippen LogP contribution >= 0.6 is 0 Å². The van der Waals surface area contributed by atoms with Crippen molar-refractivity contribution in [2.45, 2.75) is 0 Å². The fourth-order valence-electron chi connectivity index (χ4n) is 0. The number of hydrogen-bond acceptors (Lipinski definition) is 4. The van der Waals surface area contributed by atoms with Crippen LogP contribution in [-0.4, -0.2) is 24.3 Å². The molecule has 0 unspecified atom stereocenters. The third-order valence-electron chi connectivity index (χ3n) is 0. The molecule has 69 valence electrons. The van der Waals surface area contributed by atoms with Gasteiger partial charge < -0.3 is 21.6 Å². The summed E-state index contributed by atoms with van der Waals surface area (Å²) in [5, 5.41) is 27.1. The van der Waals surface area contributed by atoms with Gasteiger partial charge in [0, 0.05) is 0 Å². The molecule has 0 atom stereocenters. The van der Waals surface area contributed by atoms with Gasteiger partial charge in [0.1, 0.15) is 0 Å². The molecule has 8 nitrogen and oxygen atoms in total. The molecule has 0 aromatic rings. The van der Waals surface area contributed by atoms with Crippen LogP contribution in [0.25, 0.3) is 21.6 Å². The maximum Gasteiger partial charge on any atom is 3.00 e. The quantitative estimate of drug-likeness (QED) is 0.259. The van der Waals surface area contributed by atoms with Crippen molar-refractivity contribution in [1.82, 2.24) is 0 Å². The Morgan fingerprint density at radius 1 is 0.571 bits per heavy atom. The average molecular weight is 308 g/mol. The summed E-state index contributed by atoms with van der Waals surface area (Å²) in [6.07, 6.45) is 2.00. The van der Waals surface area contributed by atoms with Crippen LogP contribution in [0, 0.1) is 0 Å². The van der Waals surface area contributed by atoms with Gasteiger partial charge in [-0.3, -0.25) is 19.2 Å². The predicted octanol–water partition coefficient (Wildman–Crippen LogP) is -3.43. The van der Waals surface area contributed by atoms with E-state index >= 15 is 0 Å². The topological polar surface area (TPSA) is 157 Å². The van der Waals surface area contributed by atoms with Crippen molar-refractivity contribution in [1.29, 1.82) is 0 Å². The second-order valence-corrected chi connectivity index (χ2v) is 0.365. The number of nitrogens with zero attached hydrogens (tertiary/aromatic N) is 4. The van der Waals surface area contributed by atoms with Crippen LogP contribution in [0.15, 0.2) is 0 Å². The number of carbonyl (C=O) groups excluding carboxylic acids is 4. The molecule has 0 aliphatic rings. The Labute approximate surface area is 134 Å². The Morgan fingerprint density at radius 3 is 0.571 bits per heavy atom. The van der Waals surface area contributed by atoms with Crippen molar-refractivity contribution in [3.63, 3.8) is 0 Å². The second-order valence-electron chi connectivity index (χ2n) is 0.365. The zero-order valence-electron chi connectivity index (χ0n) is 6.78. The minimum atomic E-state index is 0. The van der Waals surface area contributed by atoms with Crippen molar-refractivity contribution in [2.75, 3.05) is 0 Å². The summed E-state index contributed by atoms with van der Waals surface area (Å²) in [6, 6.07) is 0. The van der Waals surface area contributed by atoms with E-state index in [9.17, 15) is 0 Å². The summed E-state index contributed by atoms with van der Waals surface area (Å²) in [6.45, 7) is 0. The first-order valence-corrected chi connectivity index (χ1v) is 1.71. The van der Waals surface area contributed by atoms with E-state index in [4.69, 9.17) is 40.8 Å². The van der Waals surface area contributed by atoms with E-state index in [1.54, 1.807) is 0 Å². The molecule has 10 heteroatoms. The molecule has 0 heterocycles. The van der Waals surface area contributed by atoms with Gasteiger partial charge in [-0.05, 0) is 24.3 Å². The van der Waals surface area contributed by atoms with E-state index in [1.165, 1.54) is 0 Å². The first-order chi connectivity index (χ1) is 5.66. The molecule has 0 aliphatic carbocycles. The Morgan fingerprint density at radius 2 is 0.571 bits per heavy atom. The van der Waals surface area contributed by atoms with Gasteiger partial charge in [0.05, 0.1) is 0 Å². The van der Waals surface area contributed by atoms with Crippen LogP contribution in [-0.2, 0) is 38.7 Å². The standard InChI is InChI=1S/4CNO.K.Ru/c4*2-1-3;;/q4*-1;+1;+3. The maximum atomic E-state index is 8.24. The summed E-state index contributed by atoms with van der Waals surface area (Å²) in [7, 11) is 0. The summed E-state index contributed by atoms with van der Waals surface area (Å²) < 4.78 is 0. The molecule has 0 aliphatic heterocycles. The van der Waals surface area contributed by atoms with Crippen LogP contribution < -0.4 is 51.4 Å². The average Bonchev–Trinajstić information content (AvgIpc) is 1.92. The summed E-state index contributed by atoms with van der Waals surface area (Å²) in [4.78, 5) is 32.9. The molecule has 0 amide bonds. The van der Waals surface area contributed by atoms with Gasteiger partial charge >= 0.3 is 70.9 Å². The predicted molar refractivity (Wildman–Crippen MR) is 36.2 cm³/mol. The first-order valence-electron chi connectivity index (χ1n) is 1.71. The zero-order chi connectivity index (χ0) is 10.8. The Kier molecular flexibility index (Phi) is 330. The van der Waals surface area contributed by atoms with Crippen molar-refractivity contribution in [3.8, 4) is 0 Å². The Bertz CT molecular complexity index is 161. The van der Waals surface area contributed by atoms with Crippen molar-refractivity contribution in [3.05, 3.63) is 21.6 Å². The Hall–Kier alpha value is -0.220. The van der Waals surface area contributed by atoms with E-state index in [2.05, 4.69) is 0 Å². The molecule has 0 saturated heterocycles. The van der Waals surface area contributed by atoms with E-state index in [0.717, 1.165) is 0 Å². The van der Waals surface area contributed by atoms with Gasteiger partial charge in [-0.15, -0.1) is 0 Å². The third kappa shape index (κ3) is 28200. The van der Waals surface area contributed by atoms with Crippen LogP contribution in [0.5, 0.6) is 0 Å². The fraction of sp³-hybridized carbons (Fsp3) is 0. The van der Waals surface area contributed by atoms with Crippen LogP contribution in [0.4, 0.5) is 0 Å². The molecule has 0 fully saturated rings. The third-order valence-corrected chi connectivity index (χ3v) is 0. The molecule has 14 heavy (non-hydrogen) atoms. The van der Waals surface area contributed by atoms with Gasteiger partial charge in [-0.2, -0.15) is 0 Å². The fourth-order valence-corrected chi connectivity index (χ4v) is 0. The maximum absolute atomic E-state index is 8.24. The molecule has 0 saturated carbocycles. The van der Waals surface area contributed by atoms with E-state index in [0.29, 0.717) is 24.3 Å². The van der Waals surface area contributed by atoms with Gasteiger partial charge in [0.2, 0.25) is 0 Å². The second kappa shape index (κ2) is 124. The largest absolute Gasteiger partial charge is 3.00 e. The van der Waals surface area contributed by atoms with Crippen LogP contribution in [0.2, 0.25) is 0 Å². The normalized spacial score (nSPS) is 2.29. The molecule has 0 spiro atoms. The molecule has 1 radical (unpaired) electrons. The monoisotopic (exact) mass is 309 g/mol. The summed E-state index contributed by atoms with van der Waals surface area (Å²) in [5.41, 5.74) is 0. The number of isocyanates is 4. The van der Waals surface area contributed by atoms with Crippen LogP contribution in [0.1, 0.15) is 0 Å². The summed E-state index contributed by atoms with van der Waals surface area (Å²) in [5.74, 6) is 0. The molecule has 0 aromatic heterocycles. The first kappa shape index (κ1) is 37.2. The smallest absolute Gasteiger partial charge is 0.724 e. The molecular weight excluding hydrogens is 308 g/mol. The molecule has 0 aromatic carbocycles. The van der Waals surface area contributed by atoms with Crippen molar-refractivity contribution in [2.24, 2.45) is 0 Å². The SMILES string of the molecule is [K+].[N-]=C=O.[N-]=C=O.[N-]=C=O.[N-]=C=O.[Ru+3]. The van der Waals surface area contributed by atoms with Gasteiger partial charge in [0.15, 0.2) is 0 Å². The van der Waals surface area contributed by atoms with Crippen LogP contribution in [0.3, 0.4) is 0 Å². The minimum Gasteiger partial charge on any atom is -0.724 e. The molecule has 0 rings (SSSR count). The molecule has 0 bridgehead atoms. The minimum absolute atomic E-state index is 0. The Balaban J connectivity index is -0.0000000145. The number of rotatable bonds is 0. The van der Waals surface area contributed by atoms with E-state index in [-0.39, 0.29) is 70.9 Å². The zero-order valence-corrected chi connectivity index (χ0v) is 11.6. The van der Waals surface area contributed by atoms with E-state index in [1.807, 2.05) is 0 Å². The van der Waals surface area contributed by atoms with Gasteiger partial charge in [-0.1, -0.05) is 0 Å². The summed E-state index contributed by atoms with van der Waals surface area (Å²) >= 11 is 0. The van der Waals surface area contributed by atoms with Crippen molar-refractivity contribution >= 4 is 24.3 Å². The molecule has 0 N–H and O–H groups in total. The van der Waals surface area contributed by atoms with Crippen molar-refractivity contribution < 1.29 is 90.0 Å². The van der Waals surface area contributed by atoms with E-state index < -0.39 is 0 Å². The van der Waals surface area contributed by atoms with Gasteiger partial charge in [-0.25, -0.2) is 0 Å².